The molecular formula is C21H15BrClNO4S. The van der Waals surface area contributed by atoms with Crippen molar-refractivity contribution in [2.45, 2.75) is 6.54 Å². The van der Waals surface area contributed by atoms with Crippen LogP contribution in [0.5, 0.6) is 11.5 Å². The molecule has 0 bridgehead atoms. The molecule has 1 fully saturated rings. The van der Waals surface area contributed by atoms with Crippen molar-refractivity contribution in [1.82, 2.24) is 4.90 Å². The first-order valence-corrected chi connectivity index (χ1v) is 10.4. The minimum absolute atomic E-state index is 0.0345. The monoisotopic (exact) mass is 491 g/mol. The Morgan fingerprint density at radius 2 is 2.07 bits per heavy atom. The summed E-state index contributed by atoms with van der Waals surface area (Å²) in [6, 6.07) is 10.6. The number of carbonyl (C=O) groups is 2. The number of benzene rings is 2. The van der Waals surface area contributed by atoms with Crippen molar-refractivity contribution in [3.05, 3.63) is 61.9 Å². The lowest BCUT2D eigenvalue weighted by atomic mass is 10.1. The third-order valence-electron chi connectivity index (χ3n) is 4.01. The van der Waals surface area contributed by atoms with E-state index in [4.69, 9.17) is 27.5 Å². The third kappa shape index (κ3) is 4.78. The fraction of sp³-hybridized carbons (Fsp3) is 0.143. The Bertz CT molecular complexity index is 1050. The van der Waals surface area contributed by atoms with Crippen molar-refractivity contribution >= 4 is 56.5 Å². The molecule has 5 nitrogen and oxygen atoms in total. The van der Waals surface area contributed by atoms with Gasteiger partial charge in [-0.1, -0.05) is 51.7 Å². The summed E-state index contributed by atoms with van der Waals surface area (Å²) >= 11 is 10.4. The van der Waals surface area contributed by atoms with Gasteiger partial charge >= 0.3 is 0 Å². The summed E-state index contributed by atoms with van der Waals surface area (Å²) in [7, 11) is 1.51. The Morgan fingerprint density at radius 3 is 2.76 bits per heavy atom. The van der Waals surface area contributed by atoms with E-state index in [2.05, 4.69) is 21.9 Å². The van der Waals surface area contributed by atoms with Crippen LogP contribution in [0.15, 0.2) is 45.8 Å². The predicted octanol–water partition coefficient (Wildman–Crippen LogP) is 5.36. The Balaban J connectivity index is 1.94. The lowest BCUT2D eigenvalue weighted by Gasteiger charge is -2.14. The molecule has 3 rings (SSSR count). The minimum Gasteiger partial charge on any atom is -0.493 e. The van der Waals surface area contributed by atoms with E-state index in [9.17, 15) is 9.59 Å². The van der Waals surface area contributed by atoms with Gasteiger partial charge in [-0.2, -0.15) is 0 Å². The summed E-state index contributed by atoms with van der Waals surface area (Å²) in [5.74, 6) is 2.85. The van der Waals surface area contributed by atoms with Crippen molar-refractivity contribution < 1.29 is 19.1 Å². The molecule has 29 heavy (non-hydrogen) atoms. The Kier molecular flexibility index (Phi) is 6.91. The second-order valence-corrected chi connectivity index (χ2v) is 8.19. The highest BCUT2D eigenvalue weighted by Crippen LogP contribution is 2.40. The van der Waals surface area contributed by atoms with Crippen LogP contribution in [0, 0.1) is 12.3 Å². The van der Waals surface area contributed by atoms with Crippen LogP contribution >= 0.6 is 39.3 Å². The molecule has 2 amide bonds. The number of terminal acetylenes is 1. The van der Waals surface area contributed by atoms with Gasteiger partial charge in [0, 0.05) is 15.1 Å². The first-order chi connectivity index (χ1) is 13.9. The largest absolute Gasteiger partial charge is 0.493 e. The number of halogens is 2. The van der Waals surface area contributed by atoms with Crippen LogP contribution in [0.2, 0.25) is 5.02 Å². The van der Waals surface area contributed by atoms with E-state index in [1.807, 2.05) is 0 Å². The molecule has 0 aromatic heterocycles. The molecule has 8 heteroatoms. The maximum atomic E-state index is 12.9. The first-order valence-electron chi connectivity index (χ1n) is 8.37. The molecule has 0 aliphatic carbocycles. The van der Waals surface area contributed by atoms with Crippen LogP contribution in [0.3, 0.4) is 0 Å². The van der Waals surface area contributed by atoms with Gasteiger partial charge in [0.2, 0.25) is 0 Å². The molecule has 0 unspecified atom stereocenters. The lowest BCUT2D eigenvalue weighted by Crippen LogP contribution is -2.27. The molecular weight excluding hydrogens is 478 g/mol. The molecule has 0 spiro atoms. The van der Waals surface area contributed by atoms with Gasteiger partial charge in [0.25, 0.3) is 11.1 Å². The highest BCUT2D eigenvalue weighted by molar-refractivity contribution is 9.10. The summed E-state index contributed by atoms with van der Waals surface area (Å²) in [4.78, 5) is 26.7. The highest BCUT2D eigenvalue weighted by Gasteiger charge is 2.35. The zero-order valence-electron chi connectivity index (χ0n) is 15.3. The fourth-order valence-electron chi connectivity index (χ4n) is 2.69. The van der Waals surface area contributed by atoms with Crippen molar-refractivity contribution in [3.63, 3.8) is 0 Å². The van der Waals surface area contributed by atoms with E-state index in [0.29, 0.717) is 27.6 Å². The zero-order valence-corrected chi connectivity index (χ0v) is 18.4. The van der Waals surface area contributed by atoms with Crippen LogP contribution in [0.25, 0.3) is 6.08 Å². The average Bonchev–Trinajstić information content (AvgIpc) is 2.95. The zero-order chi connectivity index (χ0) is 21.0. The van der Waals surface area contributed by atoms with Crippen molar-refractivity contribution in [2.24, 2.45) is 0 Å². The summed E-state index contributed by atoms with van der Waals surface area (Å²) in [5.41, 5.74) is 1.26. The Labute approximate surface area is 186 Å². The van der Waals surface area contributed by atoms with Gasteiger partial charge in [0.15, 0.2) is 11.5 Å². The van der Waals surface area contributed by atoms with Crippen LogP contribution in [0.4, 0.5) is 4.79 Å². The molecule has 1 heterocycles. The number of nitrogens with zero attached hydrogens (tertiary/aromatic N) is 1. The normalized spacial score (nSPS) is 15.0. The number of hydrogen-bond acceptors (Lipinski definition) is 5. The number of ether oxygens (including phenoxy) is 2. The van der Waals surface area contributed by atoms with Gasteiger partial charge in [-0.05, 0) is 41.6 Å². The predicted molar refractivity (Wildman–Crippen MR) is 118 cm³/mol. The highest BCUT2D eigenvalue weighted by atomic mass is 79.9. The summed E-state index contributed by atoms with van der Waals surface area (Å²) < 4.78 is 11.7. The van der Waals surface area contributed by atoms with E-state index in [1.54, 1.807) is 42.5 Å². The third-order valence-corrected chi connectivity index (χ3v) is 5.75. The van der Waals surface area contributed by atoms with Crippen molar-refractivity contribution in [1.29, 1.82) is 0 Å². The maximum absolute atomic E-state index is 12.9. The van der Waals surface area contributed by atoms with E-state index in [0.717, 1.165) is 21.1 Å². The van der Waals surface area contributed by atoms with Crippen LogP contribution < -0.4 is 9.47 Å². The van der Waals surface area contributed by atoms with Crippen LogP contribution in [-0.2, 0) is 11.3 Å². The van der Waals surface area contributed by atoms with Gasteiger partial charge in [0.1, 0.15) is 6.61 Å². The molecule has 1 aliphatic rings. The number of amides is 2. The first kappa shape index (κ1) is 21.3. The van der Waals surface area contributed by atoms with Gasteiger partial charge in [-0.3, -0.25) is 14.5 Å². The Hall–Kier alpha value is -2.40. The van der Waals surface area contributed by atoms with Crippen LogP contribution in [-0.4, -0.2) is 29.8 Å². The standard InChI is InChI=1S/C21H15BrClNO4S/c1-3-8-28-19-14(9-15(22)11-17(19)27-2)10-18-20(25)24(21(26)29-18)12-13-6-4-5-7-16(13)23/h1,4-7,9-11H,8,12H2,2H3/b18-10-. The van der Waals surface area contributed by atoms with E-state index >= 15 is 0 Å². The number of thioether (sulfide) groups is 1. The topological polar surface area (TPSA) is 55.8 Å². The smallest absolute Gasteiger partial charge is 0.293 e. The van der Waals surface area contributed by atoms with Gasteiger partial charge in [0.05, 0.1) is 18.6 Å². The number of imide groups is 1. The maximum Gasteiger partial charge on any atom is 0.293 e. The van der Waals surface area contributed by atoms with Gasteiger partial charge in [-0.15, -0.1) is 6.42 Å². The SMILES string of the molecule is C#CCOc1c(/C=C2\SC(=O)N(Cc3ccccc3Cl)C2=O)cc(Br)cc1OC. The molecule has 0 saturated carbocycles. The molecule has 1 saturated heterocycles. The van der Waals surface area contributed by atoms with Crippen molar-refractivity contribution in [3.8, 4) is 23.8 Å². The summed E-state index contributed by atoms with van der Waals surface area (Å²) in [6.45, 7) is 0.136. The molecule has 0 atom stereocenters. The Morgan fingerprint density at radius 1 is 1.31 bits per heavy atom. The van der Waals surface area contributed by atoms with Gasteiger partial charge < -0.3 is 9.47 Å². The molecule has 2 aromatic rings. The number of hydrogen-bond donors (Lipinski definition) is 0. The lowest BCUT2D eigenvalue weighted by molar-refractivity contribution is -0.123. The van der Waals surface area contributed by atoms with Crippen molar-refractivity contribution in [2.75, 3.05) is 13.7 Å². The molecule has 0 radical (unpaired) electrons. The summed E-state index contributed by atoms with van der Waals surface area (Å²) in [6.07, 6.45) is 6.89. The second kappa shape index (κ2) is 9.40. The quantitative estimate of drug-likeness (QED) is 0.401. The molecule has 148 valence electrons. The molecule has 0 N–H and O–H groups in total. The number of methoxy groups -OCH3 is 1. The van der Waals surface area contributed by atoms with E-state index in [1.165, 1.54) is 7.11 Å². The number of carbonyl (C=O) groups excluding carboxylic acids is 2. The molecule has 1 aliphatic heterocycles. The fourth-order valence-corrected chi connectivity index (χ4v) is 4.17. The van der Waals surface area contributed by atoms with E-state index < -0.39 is 5.91 Å². The minimum atomic E-state index is -0.401. The number of rotatable bonds is 6. The van der Waals surface area contributed by atoms with Gasteiger partial charge in [-0.25, -0.2) is 0 Å². The summed E-state index contributed by atoms with van der Waals surface area (Å²) in [5, 5.41) is 0.131. The average molecular weight is 493 g/mol. The second-order valence-electron chi connectivity index (χ2n) is 5.88. The molecule has 2 aromatic carbocycles. The van der Waals surface area contributed by atoms with E-state index in [-0.39, 0.29) is 23.3 Å². The van der Waals surface area contributed by atoms with Crippen LogP contribution in [0.1, 0.15) is 11.1 Å².